The van der Waals surface area contributed by atoms with Crippen molar-refractivity contribution < 1.29 is 14.3 Å². The van der Waals surface area contributed by atoms with Crippen molar-refractivity contribution in [1.29, 1.82) is 0 Å². The second-order valence-corrected chi connectivity index (χ2v) is 4.79. The average molecular weight is 288 g/mol. The fourth-order valence-corrected chi connectivity index (χ4v) is 1.31. The Bertz CT molecular complexity index is 396. The molecule has 16 heavy (non-hydrogen) atoms. The average Bonchev–Trinajstić information content (AvgIpc) is 2.61. The van der Waals surface area contributed by atoms with E-state index in [1.54, 1.807) is 32.1 Å². The number of carbonyl (C=O) groups is 1. The fourth-order valence-electron chi connectivity index (χ4n) is 0.990. The molecule has 0 aliphatic heterocycles. The molecule has 1 aromatic rings. The van der Waals surface area contributed by atoms with E-state index in [2.05, 4.69) is 21.2 Å². The number of aliphatic hydroxyl groups excluding tert-OH is 1. The van der Waals surface area contributed by atoms with Crippen molar-refractivity contribution in [3.8, 4) is 0 Å². The number of aliphatic hydroxyl groups is 1. The maximum absolute atomic E-state index is 11.4. The molecule has 0 fully saturated rings. The standard InChI is InChI=1S/C11H14BrNO3/c1-11(2,7-14)13-10(15)6-4-8-3-5-9(12)16-8/h3-6,14H,7H2,1-2H3,(H,13,15)/b6-4+. The van der Waals surface area contributed by atoms with Crippen LogP contribution in [0.2, 0.25) is 0 Å². The number of carbonyl (C=O) groups excluding carboxylic acids is 1. The van der Waals surface area contributed by atoms with Crippen LogP contribution in [0.4, 0.5) is 0 Å². The number of rotatable bonds is 4. The van der Waals surface area contributed by atoms with Gasteiger partial charge in [-0.05, 0) is 48.0 Å². The molecular weight excluding hydrogens is 274 g/mol. The summed E-state index contributed by atoms with van der Waals surface area (Å²) in [6, 6.07) is 3.49. The van der Waals surface area contributed by atoms with E-state index in [4.69, 9.17) is 9.52 Å². The van der Waals surface area contributed by atoms with Crippen LogP contribution in [-0.2, 0) is 4.79 Å². The molecule has 0 aromatic carbocycles. The molecule has 0 unspecified atom stereocenters. The first-order chi connectivity index (χ1) is 7.43. The smallest absolute Gasteiger partial charge is 0.244 e. The Kier molecular flexibility index (Phi) is 4.32. The molecule has 0 radical (unpaired) electrons. The molecule has 4 nitrogen and oxygen atoms in total. The van der Waals surface area contributed by atoms with Gasteiger partial charge in [-0.1, -0.05) is 0 Å². The largest absolute Gasteiger partial charge is 0.450 e. The zero-order valence-electron chi connectivity index (χ0n) is 9.16. The first-order valence-electron chi connectivity index (χ1n) is 4.79. The van der Waals surface area contributed by atoms with Crippen molar-refractivity contribution >= 4 is 27.9 Å². The van der Waals surface area contributed by atoms with Crippen LogP contribution in [0.3, 0.4) is 0 Å². The van der Waals surface area contributed by atoms with E-state index in [0.29, 0.717) is 10.4 Å². The molecular formula is C11H14BrNO3. The summed E-state index contributed by atoms with van der Waals surface area (Å²) < 4.78 is 5.80. The lowest BCUT2D eigenvalue weighted by Crippen LogP contribution is -2.45. The molecule has 0 bridgehead atoms. The quantitative estimate of drug-likeness (QED) is 0.832. The lowest BCUT2D eigenvalue weighted by atomic mass is 10.1. The van der Waals surface area contributed by atoms with E-state index in [9.17, 15) is 4.79 Å². The van der Waals surface area contributed by atoms with Crippen LogP contribution >= 0.6 is 15.9 Å². The van der Waals surface area contributed by atoms with E-state index in [0.717, 1.165) is 0 Å². The molecule has 1 amide bonds. The van der Waals surface area contributed by atoms with E-state index >= 15 is 0 Å². The van der Waals surface area contributed by atoms with Gasteiger partial charge in [-0.2, -0.15) is 0 Å². The van der Waals surface area contributed by atoms with Crippen molar-refractivity contribution in [2.45, 2.75) is 19.4 Å². The van der Waals surface area contributed by atoms with Crippen LogP contribution in [-0.4, -0.2) is 23.2 Å². The lowest BCUT2D eigenvalue weighted by molar-refractivity contribution is -0.118. The Balaban J connectivity index is 2.55. The van der Waals surface area contributed by atoms with Gasteiger partial charge in [-0.3, -0.25) is 4.79 Å². The Labute approximate surface area is 102 Å². The number of halogens is 1. The molecule has 0 atom stereocenters. The Morgan fingerprint density at radius 1 is 1.62 bits per heavy atom. The van der Waals surface area contributed by atoms with Crippen LogP contribution < -0.4 is 5.32 Å². The molecule has 1 rings (SSSR count). The van der Waals surface area contributed by atoms with Gasteiger partial charge in [-0.15, -0.1) is 0 Å². The topological polar surface area (TPSA) is 62.5 Å². The van der Waals surface area contributed by atoms with Crippen LogP contribution in [0.1, 0.15) is 19.6 Å². The number of nitrogens with one attached hydrogen (secondary N) is 1. The zero-order valence-corrected chi connectivity index (χ0v) is 10.7. The molecule has 2 N–H and O–H groups in total. The molecule has 0 spiro atoms. The van der Waals surface area contributed by atoms with Gasteiger partial charge < -0.3 is 14.8 Å². The fraction of sp³-hybridized carbons (Fsp3) is 0.364. The minimum Gasteiger partial charge on any atom is -0.450 e. The van der Waals surface area contributed by atoms with E-state index in [1.807, 2.05) is 0 Å². The summed E-state index contributed by atoms with van der Waals surface area (Å²) in [5.41, 5.74) is -0.620. The zero-order chi connectivity index (χ0) is 12.2. The summed E-state index contributed by atoms with van der Waals surface area (Å²) in [4.78, 5) is 11.4. The van der Waals surface area contributed by atoms with Gasteiger partial charge in [-0.25, -0.2) is 0 Å². The highest BCUT2D eigenvalue weighted by Crippen LogP contribution is 2.14. The maximum Gasteiger partial charge on any atom is 0.244 e. The third-order valence-electron chi connectivity index (χ3n) is 1.85. The predicted octanol–water partition coefficient (Wildman–Crippen LogP) is 1.94. The molecule has 1 heterocycles. The molecule has 0 saturated heterocycles. The van der Waals surface area contributed by atoms with E-state index in [1.165, 1.54) is 6.08 Å². The monoisotopic (exact) mass is 287 g/mol. The normalized spacial score (nSPS) is 12.0. The van der Waals surface area contributed by atoms with Crippen molar-refractivity contribution in [2.75, 3.05) is 6.61 Å². The molecule has 1 aromatic heterocycles. The first kappa shape index (κ1) is 13.0. The van der Waals surface area contributed by atoms with Gasteiger partial charge in [0.25, 0.3) is 0 Å². The highest BCUT2D eigenvalue weighted by Gasteiger charge is 2.17. The molecule has 0 saturated carbocycles. The predicted molar refractivity (Wildman–Crippen MR) is 64.7 cm³/mol. The first-order valence-corrected chi connectivity index (χ1v) is 5.59. The van der Waals surface area contributed by atoms with Crippen LogP contribution in [0.5, 0.6) is 0 Å². The molecule has 0 aliphatic carbocycles. The molecule has 88 valence electrons. The van der Waals surface area contributed by atoms with Crippen molar-refractivity contribution in [2.24, 2.45) is 0 Å². The summed E-state index contributed by atoms with van der Waals surface area (Å²) in [5, 5.41) is 11.6. The van der Waals surface area contributed by atoms with Gasteiger partial charge in [0.1, 0.15) is 5.76 Å². The summed E-state index contributed by atoms with van der Waals surface area (Å²) in [5.74, 6) is 0.315. The third kappa shape index (κ3) is 4.20. The van der Waals surface area contributed by atoms with Crippen molar-refractivity contribution in [3.63, 3.8) is 0 Å². The Hall–Kier alpha value is -1.07. The second kappa shape index (κ2) is 5.32. The minimum absolute atomic E-state index is 0.112. The van der Waals surface area contributed by atoms with Gasteiger partial charge in [0.05, 0.1) is 12.1 Å². The van der Waals surface area contributed by atoms with Gasteiger partial charge in [0.2, 0.25) is 5.91 Å². The molecule has 0 aliphatic rings. The SMILES string of the molecule is CC(C)(CO)NC(=O)/C=C/c1ccc(Br)o1. The summed E-state index contributed by atoms with van der Waals surface area (Å²) in [6.45, 7) is 3.36. The third-order valence-corrected chi connectivity index (χ3v) is 2.28. The summed E-state index contributed by atoms with van der Waals surface area (Å²) >= 11 is 3.17. The van der Waals surface area contributed by atoms with Gasteiger partial charge in [0.15, 0.2) is 4.67 Å². The summed E-state index contributed by atoms with van der Waals surface area (Å²) in [7, 11) is 0. The number of amides is 1. The minimum atomic E-state index is -0.620. The Morgan fingerprint density at radius 2 is 2.31 bits per heavy atom. The van der Waals surface area contributed by atoms with Crippen LogP contribution in [0.25, 0.3) is 6.08 Å². The number of furan rings is 1. The number of hydrogen-bond acceptors (Lipinski definition) is 3. The van der Waals surface area contributed by atoms with E-state index in [-0.39, 0.29) is 12.5 Å². The second-order valence-electron chi connectivity index (χ2n) is 4.01. The lowest BCUT2D eigenvalue weighted by Gasteiger charge is -2.22. The van der Waals surface area contributed by atoms with Crippen molar-refractivity contribution in [3.05, 3.63) is 28.6 Å². The number of hydrogen-bond donors (Lipinski definition) is 2. The highest BCUT2D eigenvalue weighted by atomic mass is 79.9. The van der Waals surface area contributed by atoms with Crippen molar-refractivity contribution in [1.82, 2.24) is 5.32 Å². The van der Waals surface area contributed by atoms with Crippen LogP contribution in [0.15, 0.2) is 27.3 Å². The maximum atomic E-state index is 11.4. The molecule has 5 heteroatoms. The van der Waals surface area contributed by atoms with Crippen LogP contribution in [0, 0.1) is 0 Å². The summed E-state index contributed by atoms with van der Waals surface area (Å²) in [6.07, 6.45) is 2.93. The van der Waals surface area contributed by atoms with Gasteiger partial charge in [0, 0.05) is 6.08 Å². The highest BCUT2D eigenvalue weighted by molar-refractivity contribution is 9.10. The van der Waals surface area contributed by atoms with E-state index < -0.39 is 5.54 Å². The Morgan fingerprint density at radius 3 is 2.81 bits per heavy atom. The van der Waals surface area contributed by atoms with Gasteiger partial charge >= 0.3 is 0 Å².